The predicted molar refractivity (Wildman–Crippen MR) is 80.7 cm³/mol. The highest BCUT2D eigenvalue weighted by Crippen LogP contribution is 2.19. The van der Waals surface area contributed by atoms with E-state index in [1.165, 1.54) is 6.07 Å². The Kier molecular flexibility index (Phi) is 5.15. The van der Waals surface area contributed by atoms with Crippen molar-refractivity contribution in [2.24, 2.45) is 0 Å². The molecule has 2 rings (SSSR count). The minimum atomic E-state index is -3.74. The zero-order valence-electron chi connectivity index (χ0n) is 12.1. The van der Waals surface area contributed by atoms with Gasteiger partial charge in [-0.2, -0.15) is 0 Å². The highest BCUT2D eigenvalue weighted by atomic mass is 35.5. The number of hydrogen-bond donors (Lipinski definition) is 1. The first-order valence-electron chi connectivity index (χ1n) is 6.64. The van der Waals surface area contributed by atoms with Gasteiger partial charge in [-0.05, 0) is 32.0 Å². The molecule has 1 aromatic heterocycles. The standard InChI is InChI=1S/C13H16ClFN4O2S/c1-9(2)19-8-16-18-13(19)5-6-17-22(20,21)10-3-4-12(15)11(14)7-10/h3-4,7-9,17H,5-6H2,1-2H3. The molecular formula is C13H16ClFN4O2S. The number of benzene rings is 1. The molecule has 1 N–H and O–H groups in total. The normalized spacial score (nSPS) is 12.0. The van der Waals surface area contributed by atoms with Crippen LogP contribution in [0.2, 0.25) is 5.02 Å². The van der Waals surface area contributed by atoms with Crippen LogP contribution in [0, 0.1) is 5.82 Å². The van der Waals surface area contributed by atoms with Crippen LogP contribution in [0.5, 0.6) is 0 Å². The van der Waals surface area contributed by atoms with Gasteiger partial charge >= 0.3 is 0 Å². The highest BCUT2D eigenvalue weighted by molar-refractivity contribution is 7.89. The van der Waals surface area contributed by atoms with Crippen molar-refractivity contribution >= 4 is 21.6 Å². The number of hydrogen-bond acceptors (Lipinski definition) is 4. The van der Waals surface area contributed by atoms with Crippen LogP contribution in [0.15, 0.2) is 29.4 Å². The number of halogens is 2. The fourth-order valence-electron chi connectivity index (χ4n) is 1.90. The van der Waals surface area contributed by atoms with Gasteiger partial charge in [-0.1, -0.05) is 11.6 Å². The molecule has 0 atom stereocenters. The number of sulfonamides is 1. The largest absolute Gasteiger partial charge is 0.315 e. The summed E-state index contributed by atoms with van der Waals surface area (Å²) in [5.74, 6) is 0.0282. The van der Waals surface area contributed by atoms with E-state index in [-0.39, 0.29) is 22.5 Å². The lowest BCUT2D eigenvalue weighted by atomic mass is 10.3. The van der Waals surface area contributed by atoms with Gasteiger partial charge in [0.2, 0.25) is 10.0 Å². The lowest BCUT2D eigenvalue weighted by Crippen LogP contribution is -2.27. The van der Waals surface area contributed by atoms with Crippen molar-refractivity contribution in [3.8, 4) is 0 Å². The first-order chi connectivity index (χ1) is 10.3. The van der Waals surface area contributed by atoms with Crippen LogP contribution >= 0.6 is 11.6 Å². The van der Waals surface area contributed by atoms with Gasteiger partial charge in [0.05, 0.1) is 9.92 Å². The Balaban J connectivity index is 2.04. The van der Waals surface area contributed by atoms with Crippen LogP contribution in [0.4, 0.5) is 4.39 Å². The van der Waals surface area contributed by atoms with Crippen molar-refractivity contribution in [2.75, 3.05) is 6.54 Å². The van der Waals surface area contributed by atoms with Crippen molar-refractivity contribution in [2.45, 2.75) is 31.2 Å². The summed E-state index contributed by atoms with van der Waals surface area (Å²) in [5.41, 5.74) is 0. The van der Waals surface area contributed by atoms with E-state index in [1.807, 2.05) is 18.4 Å². The molecule has 1 aromatic carbocycles. The van der Waals surface area contributed by atoms with Gasteiger partial charge in [-0.25, -0.2) is 17.5 Å². The summed E-state index contributed by atoms with van der Waals surface area (Å²) < 4.78 is 41.6. The highest BCUT2D eigenvalue weighted by Gasteiger charge is 2.16. The van der Waals surface area contributed by atoms with Crippen molar-refractivity contribution in [3.05, 3.63) is 41.2 Å². The van der Waals surface area contributed by atoms with Crippen molar-refractivity contribution < 1.29 is 12.8 Å². The molecule has 0 saturated carbocycles. The molecule has 0 amide bonds. The van der Waals surface area contributed by atoms with Crippen LogP contribution in [0.1, 0.15) is 25.7 Å². The lowest BCUT2D eigenvalue weighted by molar-refractivity contribution is 0.557. The Morgan fingerprint density at radius 1 is 1.41 bits per heavy atom. The summed E-state index contributed by atoms with van der Waals surface area (Å²) in [4.78, 5) is -0.0794. The van der Waals surface area contributed by atoms with Crippen molar-refractivity contribution in [3.63, 3.8) is 0 Å². The number of nitrogens with one attached hydrogen (secondary N) is 1. The molecule has 9 heteroatoms. The third kappa shape index (κ3) is 3.82. The van der Waals surface area contributed by atoms with Crippen LogP contribution in [0.25, 0.3) is 0 Å². The Hall–Kier alpha value is -1.51. The lowest BCUT2D eigenvalue weighted by Gasteiger charge is -2.10. The van der Waals surface area contributed by atoms with Crippen LogP contribution in [-0.4, -0.2) is 29.7 Å². The second-order valence-electron chi connectivity index (χ2n) is 4.97. The SMILES string of the molecule is CC(C)n1cnnc1CCNS(=O)(=O)c1ccc(F)c(Cl)c1. The summed E-state index contributed by atoms with van der Waals surface area (Å²) in [6.45, 7) is 4.12. The first-order valence-corrected chi connectivity index (χ1v) is 8.50. The molecule has 0 unspecified atom stereocenters. The summed E-state index contributed by atoms with van der Waals surface area (Å²) in [5, 5.41) is 7.54. The maximum absolute atomic E-state index is 13.1. The molecule has 0 aliphatic heterocycles. The summed E-state index contributed by atoms with van der Waals surface area (Å²) in [6.07, 6.45) is 2.00. The van der Waals surface area contributed by atoms with Crippen LogP contribution in [-0.2, 0) is 16.4 Å². The number of nitrogens with zero attached hydrogens (tertiary/aromatic N) is 3. The smallest absolute Gasteiger partial charge is 0.240 e. The summed E-state index contributed by atoms with van der Waals surface area (Å²) >= 11 is 5.60. The molecule has 0 radical (unpaired) electrons. The molecule has 22 heavy (non-hydrogen) atoms. The molecule has 0 fully saturated rings. The monoisotopic (exact) mass is 346 g/mol. The second-order valence-corrected chi connectivity index (χ2v) is 7.15. The molecule has 120 valence electrons. The molecular weight excluding hydrogens is 331 g/mol. The van der Waals surface area contributed by atoms with Gasteiger partial charge in [0.15, 0.2) is 0 Å². The third-order valence-corrected chi connectivity index (χ3v) is 4.79. The molecule has 0 aliphatic carbocycles. The molecule has 0 spiro atoms. The Bertz CT molecular complexity index is 761. The van der Waals surface area contributed by atoms with E-state index in [1.54, 1.807) is 6.33 Å². The zero-order valence-corrected chi connectivity index (χ0v) is 13.7. The van der Waals surface area contributed by atoms with Crippen LogP contribution < -0.4 is 4.72 Å². The van der Waals surface area contributed by atoms with Gasteiger partial charge in [0.1, 0.15) is 18.0 Å². The third-order valence-electron chi connectivity index (χ3n) is 3.05. The number of aromatic nitrogens is 3. The molecule has 6 nitrogen and oxygen atoms in total. The molecule has 2 aromatic rings. The summed E-state index contributed by atoms with van der Waals surface area (Å²) in [7, 11) is -3.74. The van der Waals surface area contributed by atoms with Gasteiger partial charge in [-0.15, -0.1) is 10.2 Å². The van der Waals surface area contributed by atoms with Crippen LogP contribution in [0.3, 0.4) is 0 Å². The van der Waals surface area contributed by atoms with E-state index in [2.05, 4.69) is 14.9 Å². The van der Waals surface area contributed by atoms with Gasteiger partial charge in [-0.3, -0.25) is 0 Å². The molecule has 0 aliphatic rings. The van der Waals surface area contributed by atoms with Crippen molar-refractivity contribution in [1.82, 2.24) is 19.5 Å². The fourth-order valence-corrected chi connectivity index (χ4v) is 3.20. The zero-order chi connectivity index (χ0) is 16.3. The maximum Gasteiger partial charge on any atom is 0.240 e. The minimum Gasteiger partial charge on any atom is -0.315 e. The average molecular weight is 347 g/mol. The van der Waals surface area contributed by atoms with E-state index in [0.717, 1.165) is 12.1 Å². The van der Waals surface area contributed by atoms with Gasteiger partial charge < -0.3 is 4.57 Å². The average Bonchev–Trinajstić information content (AvgIpc) is 2.90. The second kappa shape index (κ2) is 6.72. The topological polar surface area (TPSA) is 76.9 Å². The Morgan fingerprint density at radius 3 is 2.77 bits per heavy atom. The van der Waals surface area contributed by atoms with E-state index < -0.39 is 15.8 Å². The van der Waals surface area contributed by atoms with E-state index in [0.29, 0.717) is 12.2 Å². The maximum atomic E-state index is 13.1. The molecule has 0 bridgehead atoms. The predicted octanol–water partition coefficient (Wildman–Crippen LogP) is 2.17. The van der Waals surface area contributed by atoms with Gasteiger partial charge in [0.25, 0.3) is 0 Å². The van der Waals surface area contributed by atoms with Crippen molar-refractivity contribution in [1.29, 1.82) is 0 Å². The van der Waals surface area contributed by atoms with E-state index in [4.69, 9.17) is 11.6 Å². The van der Waals surface area contributed by atoms with Gasteiger partial charge in [0, 0.05) is 19.0 Å². The Labute approximate surface area is 133 Å². The minimum absolute atomic E-state index is 0.0794. The quantitative estimate of drug-likeness (QED) is 0.869. The number of rotatable bonds is 6. The molecule has 0 saturated heterocycles. The molecule has 1 heterocycles. The fraction of sp³-hybridized carbons (Fsp3) is 0.385. The first kappa shape index (κ1) is 16.9. The van der Waals surface area contributed by atoms with E-state index >= 15 is 0 Å². The van der Waals surface area contributed by atoms with E-state index in [9.17, 15) is 12.8 Å². The Morgan fingerprint density at radius 2 is 2.14 bits per heavy atom. The summed E-state index contributed by atoms with van der Waals surface area (Å²) in [6, 6.07) is 3.46.